The number of carbonyl (C=O) groups excluding carboxylic acids is 8. The van der Waals surface area contributed by atoms with Gasteiger partial charge in [0.05, 0.1) is 18.6 Å². The largest absolute Gasteiger partial charge is 0.357 e. The lowest BCUT2D eigenvalue weighted by Gasteiger charge is -2.35. The van der Waals surface area contributed by atoms with Crippen molar-refractivity contribution in [3.8, 4) is 0 Å². The summed E-state index contributed by atoms with van der Waals surface area (Å²) in [5.74, 6) is -4.17. The lowest BCUT2D eigenvalue weighted by molar-refractivity contribution is -0.147. The smallest absolute Gasteiger partial charge is 0.249 e. The summed E-state index contributed by atoms with van der Waals surface area (Å²) in [5, 5.41) is 10.7. The van der Waals surface area contributed by atoms with Crippen molar-refractivity contribution in [2.24, 2.45) is 23.7 Å². The maximum atomic E-state index is 14.1. The summed E-state index contributed by atoms with van der Waals surface area (Å²) in [7, 11) is 7.53. The summed E-state index contributed by atoms with van der Waals surface area (Å²) in [6.45, 7) is 19.7. The zero-order valence-corrected chi connectivity index (χ0v) is 37.1. The quantitative estimate of drug-likeness (QED) is 0.119. The molecule has 0 bridgehead atoms. The molecule has 0 unspecified atom stereocenters. The third kappa shape index (κ3) is 16.6. The molecule has 0 aromatic carbocycles. The lowest BCUT2D eigenvalue weighted by atomic mass is 9.97. The van der Waals surface area contributed by atoms with E-state index in [1.165, 1.54) is 54.7 Å². The summed E-state index contributed by atoms with van der Waals surface area (Å²) >= 11 is 0. The van der Waals surface area contributed by atoms with E-state index < -0.39 is 77.6 Å². The Labute approximate surface area is 336 Å². The molecule has 0 aliphatic carbocycles. The third-order valence-corrected chi connectivity index (χ3v) is 9.73. The topological polar surface area (TPSA) is 198 Å². The second-order valence-electron chi connectivity index (χ2n) is 16.6. The van der Waals surface area contributed by atoms with Crippen LogP contribution in [0.1, 0.15) is 108 Å². The zero-order valence-electron chi connectivity index (χ0n) is 37.1. The predicted octanol–water partition coefficient (Wildman–Crippen LogP) is 1.76. The van der Waals surface area contributed by atoms with Crippen molar-refractivity contribution in [2.75, 3.05) is 41.8 Å². The van der Waals surface area contributed by atoms with Gasteiger partial charge < -0.3 is 30.2 Å². The van der Waals surface area contributed by atoms with E-state index >= 15 is 0 Å². The minimum absolute atomic E-state index is 0.0104. The number of likely N-dealkylation sites (N-methyl/N-ethyl adjacent to an activating group) is 5. The van der Waals surface area contributed by atoms with Crippen LogP contribution in [0.5, 0.6) is 0 Å². The number of imide groups is 1. The summed E-state index contributed by atoms with van der Waals surface area (Å²) in [5.41, 5.74) is 0. The molecule has 16 heteroatoms. The van der Waals surface area contributed by atoms with Gasteiger partial charge in [-0.15, -0.1) is 0 Å². The molecular weight excluding hydrogens is 720 g/mol. The van der Waals surface area contributed by atoms with Gasteiger partial charge in [0.2, 0.25) is 47.3 Å². The lowest BCUT2D eigenvalue weighted by Crippen LogP contribution is -2.60. The molecule has 0 aliphatic rings. The Bertz CT molecular complexity index is 1350. The van der Waals surface area contributed by atoms with Crippen LogP contribution in [0, 0.1) is 23.7 Å². The Morgan fingerprint density at radius 3 is 1.41 bits per heavy atom. The first-order valence-electron chi connectivity index (χ1n) is 20.0. The molecule has 16 nitrogen and oxygen atoms in total. The maximum Gasteiger partial charge on any atom is 0.249 e. The van der Waals surface area contributed by atoms with Crippen molar-refractivity contribution in [3.63, 3.8) is 0 Å². The Balaban J connectivity index is 6.08. The summed E-state index contributed by atoms with van der Waals surface area (Å²) in [6, 6.07) is -5.67. The number of carbonyl (C=O) groups is 8. The number of nitrogens with zero attached hydrogens (tertiary/aromatic N) is 4. The number of rotatable bonds is 23. The molecule has 0 fully saturated rings. The molecule has 0 aliphatic heterocycles. The van der Waals surface area contributed by atoms with E-state index in [-0.39, 0.29) is 42.5 Å². The van der Waals surface area contributed by atoms with E-state index in [4.69, 9.17) is 0 Å². The van der Waals surface area contributed by atoms with Gasteiger partial charge in [-0.05, 0) is 63.2 Å². The summed E-state index contributed by atoms with van der Waals surface area (Å²) in [4.78, 5) is 112. The SMILES string of the molecule is CCCC(=O)N(C)CC(=O)N(C)[C@@H](CC(C)C)C(=O)N[C@H](C(=O)N(C)[C@@H](CC(C)C)C(=O)NC(=O)[C@@H](C)N[C@@H](C)C(=O)N(C)[C@H](CC(C)C)C(=O)NC)C(C)C. The van der Waals surface area contributed by atoms with Crippen molar-refractivity contribution in [1.82, 2.24) is 40.9 Å². The molecule has 0 spiro atoms. The number of amides is 8. The van der Waals surface area contributed by atoms with E-state index in [1.54, 1.807) is 27.8 Å². The standard InChI is InChI=1S/C40H74N8O8/c1-17-18-32(49)45(13)22-33(50)46(14)30(20-24(4)5)37(53)43-34(26(8)9)40(56)48(16)31(21-25(6)7)38(54)44-35(51)27(10)42-28(11)39(55)47(15)29(19-23(2)3)36(52)41-12/h23-31,34,42H,17-22H2,1-16H3,(H,41,52)(H,43,53)(H,44,51,54)/t27-,28+,29-,30+,31+,34+/m1/s1. The van der Waals surface area contributed by atoms with Gasteiger partial charge in [0.25, 0.3) is 0 Å². The van der Waals surface area contributed by atoms with Gasteiger partial charge in [0.1, 0.15) is 24.2 Å². The van der Waals surface area contributed by atoms with E-state index in [0.717, 1.165) is 0 Å². The molecule has 0 radical (unpaired) electrons. The summed E-state index contributed by atoms with van der Waals surface area (Å²) in [6.07, 6.45) is 1.89. The van der Waals surface area contributed by atoms with Gasteiger partial charge >= 0.3 is 0 Å². The van der Waals surface area contributed by atoms with Crippen LogP contribution in [0.2, 0.25) is 0 Å². The van der Waals surface area contributed by atoms with Gasteiger partial charge in [-0.1, -0.05) is 62.3 Å². The first-order chi connectivity index (χ1) is 25.8. The van der Waals surface area contributed by atoms with Gasteiger partial charge in [-0.25, -0.2) is 0 Å². The maximum absolute atomic E-state index is 14.1. The number of nitrogens with one attached hydrogen (secondary N) is 4. The molecule has 0 saturated carbocycles. The van der Waals surface area contributed by atoms with E-state index in [1.807, 2.05) is 48.5 Å². The highest BCUT2D eigenvalue weighted by atomic mass is 16.2. The molecule has 0 heterocycles. The highest BCUT2D eigenvalue weighted by Crippen LogP contribution is 2.18. The van der Waals surface area contributed by atoms with E-state index in [9.17, 15) is 38.4 Å². The average Bonchev–Trinajstić information content (AvgIpc) is 3.11. The fourth-order valence-electron chi connectivity index (χ4n) is 6.24. The van der Waals surface area contributed by atoms with Crippen LogP contribution in [0.3, 0.4) is 0 Å². The van der Waals surface area contributed by atoms with Crippen molar-refractivity contribution < 1.29 is 38.4 Å². The second kappa shape index (κ2) is 24.5. The van der Waals surface area contributed by atoms with Gasteiger partial charge in [0.15, 0.2) is 0 Å². The molecule has 6 atom stereocenters. The van der Waals surface area contributed by atoms with E-state index in [0.29, 0.717) is 25.7 Å². The minimum Gasteiger partial charge on any atom is -0.357 e. The van der Waals surface area contributed by atoms with Crippen molar-refractivity contribution in [2.45, 2.75) is 145 Å². The Hall–Kier alpha value is -4.08. The van der Waals surface area contributed by atoms with Crippen LogP contribution in [0.4, 0.5) is 0 Å². The monoisotopic (exact) mass is 795 g/mol. The highest BCUT2D eigenvalue weighted by Gasteiger charge is 2.38. The summed E-state index contributed by atoms with van der Waals surface area (Å²) < 4.78 is 0. The van der Waals surface area contributed by atoms with Crippen molar-refractivity contribution in [1.29, 1.82) is 0 Å². The van der Waals surface area contributed by atoms with Crippen LogP contribution < -0.4 is 21.3 Å². The molecule has 0 rings (SSSR count). The molecule has 8 amide bonds. The van der Waals surface area contributed by atoms with Crippen LogP contribution in [-0.4, -0.2) is 145 Å². The van der Waals surface area contributed by atoms with Gasteiger partial charge in [0, 0.05) is 41.7 Å². The van der Waals surface area contributed by atoms with Gasteiger partial charge in [-0.2, -0.15) is 0 Å². The van der Waals surface area contributed by atoms with Crippen LogP contribution >= 0.6 is 0 Å². The van der Waals surface area contributed by atoms with Gasteiger partial charge in [-0.3, -0.25) is 49.0 Å². The zero-order chi connectivity index (χ0) is 43.8. The van der Waals surface area contributed by atoms with Crippen molar-refractivity contribution >= 4 is 47.3 Å². The second-order valence-corrected chi connectivity index (χ2v) is 16.6. The average molecular weight is 795 g/mol. The number of hydrogen-bond donors (Lipinski definition) is 4. The Morgan fingerprint density at radius 2 is 0.982 bits per heavy atom. The van der Waals surface area contributed by atoms with Crippen LogP contribution in [0.25, 0.3) is 0 Å². The first-order valence-corrected chi connectivity index (χ1v) is 20.0. The van der Waals surface area contributed by atoms with Crippen molar-refractivity contribution in [3.05, 3.63) is 0 Å². The molecule has 322 valence electrons. The normalized spacial score (nSPS) is 14.6. The van der Waals surface area contributed by atoms with Crippen LogP contribution in [-0.2, 0) is 38.4 Å². The molecular formula is C40H74N8O8. The Kier molecular flexibility index (Phi) is 22.7. The van der Waals surface area contributed by atoms with E-state index in [2.05, 4.69) is 21.3 Å². The molecule has 0 aromatic heterocycles. The molecule has 0 saturated heterocycles. The first kappa shape index (κ1) is 51.9. The van der Waals surface area contributed by atoms with Crippen LogP contribution in [0.15, 0.2) is 0 Å². The Morgan fingerprint density at radius 1 is 0.536 bits per heavy atom. The predicted molar refractivity (Wildman–Crippen MR) is 217 cm³/mol. The fourth-order valence-corrected chi connectivity index (χ4v) is 6.24. The minimum atomic E-state index is -1.08. The molecule has 56 heavy (non-hydrogen) atoms. The molecule has 4 N–H and O–H groups in total. The third-order valence-electron chi connectivity index (χ3n) is 9.73. The number of hydrogen-bond acceptors (Lipinski definition) is 9. The molecule has 0 aromatic rings. The fraction of sp³-hybridized carbons (Fsp3) is 0.800. The highest BCUT2D eigenvalue weighted by molar-refractivity contribution is 6.02.